The number of hydrogen-bond acceptors (Lipinski definition) is 1. The number of allylic oxidation sites excluding steroid dienone is 1. The molecule has 0 bridgehead atoms. The monoisotopic (exact) mass is 272 g/mol. The Morgan fingerprint density at radius 2 is 2.00 bits per heavy atom. The predicted octanol–water partition coefficient (Wildman–Crippen LogP) is 4.26. The van der Waals surface area contributed by atoms with Gasteiger partial charge in [-0.25, -0.2) is 4.79 Å². The maximum absolute atomic E-state index is 11.8. The van der Waals surface area contributed by atoms with Crippen LogP contribution in [0.25, 0.3) is 0 Å². The molecule has 2 N–H and O–H groups in total. The third-order valence-electron chi connectivity index (χ3n) is 3.74. The molecule has 20 heavy (non-hydrogen) atoms. The Balaban J connectivity index is 1.70. The van der Waals surface area contributed by atoms with Crippen LogP contribution in [0.2, 0.25) is 0 Å². The van der Waals surface area contributed by atoms with Gasteiger partial charge in [-0.3, -0.25) is 0 Å². The van der Waals surface area contributed by atoms with E-state index in [2.05, 4.69) is 23.6 Å². The molecule has 0 saturated heterocycles. The maximum Gasteiger partial charge on any atom is 0.319 e. The molecule has 2 amide bonds. The van der Waals surface area contributed by atoms with Gasteiger partial charge in [-0.15, -0.1) is 0 Å². The summed E-state index contributed by atoms with van der Waals surface area (Å²) in [4.78, 5) is 11.8. The quantitative estimate of drug-likeness (QED) is 0.772. The van der Waals surface area contributed by atoms with Crippen molar-refractivity contribution in [2.45, 2.75) is 45.4 Å². The number of benzene rings is 1. The molecule has 0 atom stereocenters. The SMILES string of the molecule is CCc1ccc(NC(=O)NCCC2=CCCCC2)cc1. The Kier molecular flexibility index (Phi) is 5.66. The highest BCUT2D eigenvalue weighted by Gasteiger charge is 2.05. The van der Waals surface area contributed by atoms with Gasteiger partial charge in [0.1, 0.15) is 0 Å². The minimum Gasteiger partial charge on any atom is -0.338 e. The van der Waals surface area contributed by atoms with Gasteiger partial charge >= 0.3 is 6.03 Å². The van der Waals surface area contributed by atoms with Crippen LogP contribution >= 0.6 is 0 Å². The Morgan fingerprint density at radius 3 is 2.65 bits per heavy atom. The van der Waals surface area contributed by atoms with E-state index in [1.165, 1.54) is 36.8 Å². The average molecular weight is 272 g/mol. The zero-order valence-electron chi connectivity index (χ0n) is 12.2. The number of rotatable bonds is 5. The van der Waals surface area contributed by atoms with Gasteiger partial charge in [-0.1, -0.05) is 30.7 Å². The van der Waals surface area contributed by atoms with Crippen LogP contribution in [0.15, 0.2) is 35.9 Å². The van der Waals surface area contributed by atoms with Crippen LogP contribution in [0.4, 0.5) is 10.5 Å². The molecule has 0 spiro atoms. The van der Waals surface area contributed by atoms with Crippen molar-refractivity contribution < 1.29 is 4.79 Å². The summed E-state index contributed by atoms with van der Waals surface area (Å²) in [7, 11) is 0. The van der Waals surface area contributed by atoms with Crippen molar-refractivity contribution in [1.29, 1.82) is 0 Å². The normalized spacial score (nSPS) is 14.6. The third-order valence-corrected chi connectivity index (χ3v) is 3.74. The van der Waals surface area contributed by atoms with Crippen molar-refractivity contribution >= 4 is 11.7 Å². The molecule has 1 aliphatic carbocycles. The molecule has 3 nitrogen and oxygen atoms in total. The molecule has 0 aromatic heterocycles. The summed E-state index contributed by atoms with van der Waals surface area (Å²) in [5.74, 6) is 0. The molecule has 1 aliphatic rings. The topological polar surface area (TPSA) is 41.1 Å². The van der Waals surface area contributed by atoms with Crippen LogP contribution < -0.4 is 10.6 Å². The molecule has 0 unspecified atom stereocenters. The van der Waals surface area contributed by atoms with Crippen LogP contribution in [-0.4, -0.2) is 12.6 Å². The first kappa shape index (κ1) is 14.6. The molecule has 3 heteroatoms. The summed E-state index contributed by atoms with van der Waals surface area (Å²) in [5, 5.41) is 5.78. The van der Waals surface area contributed by atoms with Gasteiger partial charge in [-0.05, 0) is 56.2 Å². The lowest BCUT2D eigenvalue weighted by Crippen LogP contribution is -2.29. The Labute approximate surface area is 121 Å². The molecule has 0 saturated carbocycles. The summed E-state index contributed by atoms with van der Waals surface area (Å²) in [6, 6.07) is 7.86. The van der Waals surface area contributed by atoms with E-state index in [-0.39, 0.29) is 6.03 Å². The van der Waals surface area contributed by atoms with Crippen molar-refractivity contribution in [1.82, 2.24) is 5.32 Å². The van der Waals surface area contributed by atoms with E-state index in [1.54, 1.807) is 0 Å². The first-order valence-corrected chi connectivity index (χ1v) is 7.59. The van der Waals surface area contributed by atoms with E-state index < -0.39 is 0 Å². The van der Waals surface area contributed by atoms with Crippen molar-refractivity contribution in [2.24, 2.45) is 0 Å². The predicted molar refractivity (Wildman–Crippen MR) is 84.0 cm³/mol. The van der Waals surface area contributed by atoms with Crippen molar-refractivity contribution in [3.63, 3.8) is 0 Å². The lowest BCUT2D eigenvalue weighted by Gasteiger charge is -2.13. The molecular weight excluding hydrogens is 248 g/mol. The second-order valence-corrected chi connectivity index (χ2v) is 5.29. The minimum absolute atomic E-state index is 0.120. The van der Waals surface area contributed by atoms with Gasteiger partial charge < -0.3 is 10.6 Å². The largest absolute Gasteiger partial charge is 0.338 e. The van der Waals surface area contributed by atoms with E-state index in [9.17, 15) is 4.79 Å². The van der Waals surface area contributed by atoms with Crippen LogP contribution in [0.3, 0.4) is 0 Å². The smallest absolute Gasteiger partial charge is 0.319 e. The van der Waals surface area contributed by atoms with E-state index in [0.717, 1.165) is 18.5 Å². The molecule has 0 aliphatic heterocycles. The first-order valence-electron chi connectivity index (χ1n) is 7.59. The number of nitrogens with one attached hydrogen (secondary N) is 2. The maximum atomic E-state index is 11.8. The highest BCUT2D eigenvalue weighted by Crippen LogP contribution is 2.19. The van der Waals surface area contributed by atoms with Gasteiger partial charge in [0.2, 0.25) is 0 Å². The summed E-state index contributed by atoms with van der Waals surface area (Å²) in [6.07, 6.45) is 9.32. The van der Waals surface area contributed by atoms with Crippen LogP contribution in [0, 0.1) is 0 Å². The Morgan fingerprint density at radius 1 is 1.20 bits per heavy atom. The van der Waals surface area contributed by atoms with Gasteiger partial charge in [0, 0.05) is 12.2 Å². The fourth-order valence-electron chi connectivity index (χ4n) is 2.47. The highest BCUT2D eigenvalue weighted by atomic mass is 16.2. The number of carbonyl (C=O) groups excluding carboxylic acids is 1. The molecule has 0 heterocycles. The molecule has 108 valence electrons. The van der Waals surface area contributed by atoms with Gasteiger partial charge in [0.15, 0.2) is 0 Å². The van der Waals surface area contributed by atoms with E-state index >= 15 is 0 Å². The number of hydrogen-bond donors (Lipinski definition) is 2. The van der Waals surface area contributed by atoms with Crippen LogP contribution in [-0.2, 0) is 6.42 Å². The van der Waals surface area contributed by atoms with E-state index in [1.807, 2.05) is 24.3 Å². The number of anilines is 1. The fraction of sp³-hybridized carbons (Fsp3) is 0.471. The zero-order valence-corrected chi connectivity index (χ0v) is 12.2. The number of amides is 2. The summed E-state index contributed by atoms with van der Waals surface area (Å²) in [5.41, 5.74) is 3.61. The van der Waals surface area contributed by atoms with E-state index in [0.29, 0.717) is 6.54 Å². The second kappa shape index (κ2) is 7.73. The zero-order chi connectivity index (χ0) is 14.2. The number of urea groups is 1. The fourth-order valence-corrected chi connectivity index (χ4v) is 2.47. The average Bonchev–Trinajstić information content (AvgIpc) is 2.49. The summed E-state index contributed by atoms with van der Waals surface area (Å²) >= 11 is 0. The van der Waals surface area contributed by atoms with Crippen LogP contribution in [0.1, 0.15) is 44.6 Å². The van der Waals surface area contributed by atoms with Crippen molar-refractivity contribution in [2.75, 3.05) is 11.9 Å². The van der Waals surface area contributed by atoms with Crippen LogP contribution in [0.5, 0.6) is 0 Å². The highest BCUT2D eigenvalue weighted by molar-refractivity contribution is 5.89. The van der Waals surface area contributed by atoms with Gasteiger partial charge in [-0.2, -0.15) is 0 Å². The summed E-state index contributed by atoms with van der Waals surface area (Å²) < 4.78 is 0. The molecule has 1 aromatic carbocycles. The van der Waals surface area contributed by atoms with Crippen molar-refractivity contribution in [3.05, 3.63) is 41.5 Å². The standard InChI is InChI=1S/C17H24N2O/c1-2-14-8-10-16(11-9-14)19-17(20)18-13-12-15-6-4-3-5-7-15/h6,8-11H,2-5,7,12-13H2,1H3,(H2,18,19,20). The minimum atomic E-state index is -0.120. The third kappa shape index (κ3) is 4.72. The van der Waals surface area contributed by atoms with Crippen molar-refractivity contribution in [3.8, 4) is 0 Å². The molecule has 2 rings (SSSR count). The van der Waals surface area contributed by atoms with Gasteiger partial charge in [0.05, 0.1) is 0 Å². The molecule has 0 fully saturated rings. The Bertz CT molecular complexity index is 462. The lowest BCUT2D eigenvalue weighted by atomic mass is 9.97. The molecule has 1 aromatic rings. The lowest BCUT2D eigenvalue weighted by molar-refractivity contribution is 0.252. The molecular formula is C17H24N2O. The number of carbonyl (C=O) groups is 1. The second-order valence-electron chi connectivity index (χ2n) is 5.29. The molecule has 0 radical (unpaired) electrons. The number of aryl methyl sites for hydroxylation is 1. The first-order chi connectivity index (χ1) is 9.78. The van der Waals surface area contributed by atoms with Gasteiger partial charge in [0.25, 0.3) is 0 Å². The summed E-state index contributed by atoms with van der Waals surface area (Å²) in [6.45, 7) is 2.83. The Hall–Kier alpha value is -1.77. The van der Waals surface area contributed by atoms with E-state index in [4.69, 9.17) is 0 Å².